The Morgan fingerprint density at radius 1 is 1.18 bits per heavy atom. The van der Waals surface area contributed by atoms with Gasteiger partial charge in [0, 0.05) is 24.8 Å². The first-order chi connectivity index (χ1) is 18.5. The number of carbonyl (C=O) groups is 2. The molecule has 3 unspecified atom stereocenters. The zero-order valence-corrected chi connectivity index (χ0v) is 21.6. The summed E-state index contributed by atoms with van der Waals surface area (Å²) in [6, 6.07) is 16.4. The molecule has 192 valence electrons. The number of rotatable bonds is 5. The topological polar surface area (TPSA) is 111 Å². The molecule has 9 nitrogen and oxygen atoms in total. The average molecular weight is 527 g/mol. The van der Waals surface area contributed by atoms with Crippen LogP contribution in [0.15, 0.2) is 65.8 Å². The number of carbonyl (C=O) groups excluding carboxylic acids is 2. The predicted molar refractivity (Wildman–Crippen MR) is 143 cm³/mol. The fourth-order valence-electron chi connectivity index (χ4n) is 5.28. The molecule has 2 aromatic carbocycles. The van der Waals surface area contributed by atoms with E-state index in [1.54, 1.807) is 16.0 Å². The van der Waals surface area contributed by atoms with Crippen LogP contribution in [-0.2, 0) is 4.79 Å². The van der Waals surface area contributed by atoms with E-state index in [0.29, 0.717) is 18.8 Å². The number of anilines is 2. The number of pyridine rings is 1. The highest BCUT2D eigenvalue weighted by Crippen LogP contribution is 2.50. The van der Waals surface area contributed by atoms with Crippen LogP contribution in [0.2, 0.25) is 0 Å². The molecule has 6 rings (SSSR count). The average Bonchev–Trinajstić information content (AvgIpc) is 3.28. The first-order valence-corrected chi connectivity index (χ1v) is 13.4. The van der Waals surface area contributed by atoms with Crippen molar-refractivity contribution >= 4 is 35.1 Å². The van der Waals surface area contributed by atoms with Crippen LogP contribution in [0.3, 0.4) is 0 Å². The summed E-state index contributed by atoms with van der Waals surface area (Å²) in [5.74, 6) is 1.07. The highest BCUT2D eigenvalue weighted by Gasteiger charge is 2.45. The van der Waals surface area contributed by atoms with Crippen LogP contribution in [0.1, 0.15) is 30.0 Å². The van der Waals surface area contributed by atoms with Crippen molar-refractivity contribution in [3.8, 4) is 17.7 Å². The SMILES string of the molecule is Cc1cc(Oc2ccccc2)ccc1N1C(=O)NC2c3c1ccnc3SC2NC(=O)C1CCCN(C#N)C1. The van der Waals surface area contributed by atoms with Gasteiger partial charge in [0.1, 0.15) is 21.9 Å². The van der Waals surface area contributed by atoms with Gasteiger partial charge < -0.3 is 20.3 Å². The standard InChI is InChI=1S/C28H26N6O3S/c1-17-14-20(37-19-7-3-2-4-8-19)9-10-21(17)34-22-11-12-30-26-23(22)24(31-28(34)36)27(38-26)32-25(35)18-6-5-13-33(15-18)16-29/h2-4,7-12,14,18,24,27H,5-6,13,15H2,1H3,(H,31,36)(H,32,35). The van der Waals surface area contributed by atoms with Crippen molar-refractivity contribution in [1.82, 2.24) is 20.5 Å². The summed E-state index contributed by atoms with van der Waals surface area (Å²) in [6.07, 6.45) is 5.39. The van der Waals surface area contributed by atoms with E-state index in [9.17, 15) is 14.9 Å². The molecule has 3 aliphatic heterocycles. The van der Waals surface area contributed by atoms with E-state index >= 15 is 0 Å². The second-order valence-electron chi connectivity index (χ2n) is 9.61. The van der Waals surface area contributed by atoms with Crippen molar-refractivity contribution in [1.29, 1.82) is 5.26 Å². The summed E-state index contributed by atoms with van der Waals surface area (Å²) in [7, 11) is 0. The number of nitrogens with zero attached hydrogens (tertiary/aromatic N) is 4. The zero-order chi connectivity index (χ0) is 26.2. The first-order valence-electron chi connectivity index (χ1n) is 12.6. The molecule has 3 aromatic rings. The summed E-state index contributed by atoms with van der Waals surface area (Å²) >= 11 is 1.45. The highest BCUT2D eigenvalue weighted by atomic mass is 32.2. The number of ether oxygens (including phenoxy) is 1. The molecule has 38 heavy (non-hydrogen) atoms. The predicted octanol–water partition coefficient (Wildman–Crippen LogP) is 4.83. The Morgan fingerprint density at radius 3 is 2.82 bits per heavy atom. The van der Waals surface area contributed by atoms with Crippen molar-refractivity contribution in [2.75, 3.05) is 18.0 Å². The zero-order valence-electron chi connectivity index (χ0n) is 20.8. The lowest BCUT2D eigenvalue weighted by atomic mass is 9.97. The van der Waals surface area contributed by atoms with E-state index < -0.39 is 6.04 Å². The molecule has 3 atom stereocenters. The Kier molecular flexibility index (Phi) is 6.29. The van der Waals surface area contributed by atoms with Crippen molar-refractivity contribution < 1.29 is 14.3 Å². The van der Waals surface area contributed by atoms with Crippen LogP contribution in [0.25, 0.3) is 0 Å². The molecule has 0 bridgehead atoms. The third-order valence-corrected chi connectivity index (χ3v) is 8.30. The minimum Gasteiger partial charge on any atom is -0.457 e. The van der Waals surface area contributed by atoms with Crippen LogP contribution in [0.5, 0.6) is 11.5 Å². The number of aryl methyl sites for hydroxylation is 1. The summed E-state index contributed by atoms with van der Waals surface area (Å²) < 4.78 is 5.97. The van der Waals surface area contributed by atoms with Crippen molar-refractivity contribution in [2.24, 2.45) is 5.92 Å². The minimum absolute atomic E-state index is 0.0988. The monoisotopic (exact) mass is 526 g/mol. The number of hydrogen-bond acceptors (Lipinski definition) is 7. The van der Waals surface area contributed by atoms with Gasteiger partial charge in [-0.25, -0.2) is 9.78 Å². The highest BCUT2D eigenvalue weighted by molar-refractivity contribution is 8.00. The smallest absolute Gasteiger partial charge is 0.327 e. The Bertz CT molecular complexity index is 1440. The molecule has 0 spiro atoms. The van der Waals surface area contributed by atoms with Crippen molar-refractivity contribution in [2.45, 2.75) is 36.2 Å². The largest absolute Gasteiger partial charge is 0.457 e. The number of benzene rings is 2. The van der Waals surface area contributed by atoms with E-state index in [1.807, 2.05) is 61.5 Å². The van der Waals surface area contributed by atoms with Gasteiger partial charge in [0.15, 0.2) is 6.19 Å². The molecule has 1 fully saturated rings. The Balaban J connectivity index is 1.24. The lowest BCUT2D eigenvalue weighted by Gasteiger charge is -2.35. The Hall–Kier alpha value is -4.23. The molecule has 3 aliphatic rings. The van der Waals surface area contributed by atoms with E-state index in [1.165, 1.54) is 11.8 Å². The Morgan fingerprint density at radius 2 is 2.03 bits per heavy atom. The van der Waals surface area contributed by atoms with Crippen LogP contribution in [0, 0.1) is 24.3 Å². The summed E-state index contributed by atoms with van der Waals surface area (Å²) in [5, 5.41) is 15.9. The summed E-state index contributed by atoms with van der Waals surface area (Å²) in [6.45, 7) is 3.05. The molecule has 1 aromatic heterocycles. The number of urea groups is 1. The van der Waals surface area contributed by atoms with Gasteiger partial charge in [0.2, 0.25) is 5.91 Å². The van der Waals surface area contributed by atoms with E-state index in [-0.39, 0.29) is 23.2 Å². The normalized spacial score (nSPS) is 21.8. The lowest BCUT2D eigenvalue weighted by molar-refractivity contribution is -0.126. The molecule has 0 saturated carbocycles. The molecule has 0 radical (unpaired) electrons. The number of likely N-dealkylation sites (tertiary alicyclic amines) is 1. The number of para-hydroxylation sites is 1. The van der Waals surface area contributed by atoms with Crippen LogP contribution < -0.4 is 20.3 Å². The molecule has 4 heterocycles. The van der Waals surface area contributed by atoms with Gasteiger partial charge in [0.05, 0.1) is 23.3 Å². The molecule has 2 N–H and O–H groups in total. The molecular weight excluding hydrogens is 500 g/mol. The van der Waals surface area contributed by atoms with Gasteiger partial charge in [0.25, 0.3) is 0 Å². The van der Waals surface area contributed by atoms with E-state index in [2.05, 4.69) is 21.8 Å². The van der Waals surface area contributed by atoms with Gasteiger partial charge in [-0.15, -0.1) is 0 Å². The van der Waals surface area contributed by atoms with Gasteiger partial charge in [-0.3, -0.25) is 9.69 Å². The number of hydrogen-bond donors (Lipinski definition) is 2. The van der Waals surface area contributed by atoms with Crippen molar-refractivity contribution in [3.63, 3.8) is 0 Å². The fourth-order valence-corrected chi connectivity index (χ4v) is 6.52. The fraction of sp³-hybridized carbons (Fsp3) is 0.286. The number of piperidine rings is 1. The number of nitriles is 1. The molecule has 3 amide bonds. The maximum Gasteiger partial charge on any atom is 0.327 e. The number of aromatic nitrogens is 1. The van der Waals surface area contributed by atoms with Crippen molar-refractivity contribution in [3.05, 3.63) is 71.9 Å². The van der Waals surface area contributed by atoms with E-state index in [4.69, 9.17) is 4.74 Å². The number of thioether (sulfide) groups is 1. The second-order valence-corrected chi connectivity index (χ2v) is 10.7. The van der Waals surface area contributed by atoms with Crippen LogP contribution in [-0.4, -0.2) is 40.3 Å². The first kappa shape index (κ1) is 24.1. The Labute approximate surface area is 224 Å². The second kappa shape index (κ2) is 9.91. The van der Waals surface area contributed by atoms with Gasteiger partial charge in [-0.1, -0.05) is 30.0 Å². The molecular formula is C28H26N6O3S. The summed E-state index contributed by atoms with van der Waals surface area (Å²) in [5.41, 5.74) is 3.27. The van der Waals surface area contributed by atoms with Gasteiger partial charge in [-0.2, -0.15) is 5.26 Å². The maximum absolute atomic E-state index is 13.5. The quantitative estimate of drug-likeness (QED) is 0.458. The van der Waals surface area contributed by atoms with Gasteiger partial charge >= 0.3 is 6.03 Å². The third-order valence-electron chi connectivity index (χ3n) is 7.11. The van der Waals surface area contributed by atoms with Crippen LogP contribution in [0.4, 0.5) is 16.2 Å². The third kappa shape index (κ3) is 4.39. The van der Waals surface area contributed by atoms with Crippen LogP contribution >= 0.6 is 11.8 Å². The minimum atomic E-state index is -0.400. The van der Waals surface area contributed by atoms with E-state index in [0.717, 1.165) is 46.1 Å². The maximum atomic E-state index is 13.5. The summed E-state index contributed by atoms with van der Waals surface area (Å²) in [4.78, 5) is 34.4. The molecule has 1 saturated heterocycles. The number of nitrogens with one attached hydrogen (secondary N) is 2. The molecule has 0 aliphatic carbocycles. The molecule has 10 heteroatoms. The van der Waals surface area contributed by atoms with Gasteiger partial charge in [-0.05, 0) is 61.7 Å². The lowest BCUT2D eigenvalue weighted by Crippen LogP contribution is -2.51. The number of amides is 3.